The van der Waals surface area contributed by atoms with Gasteiger partial charge in [0.1, 0.15) is 0 Å². The molecule has 160 valence electrons. The molecule has 7 rings (SSSR count). The molecule has 0 aliphatic heterocycles. The van der Waals surface area contributed by atoms with Crippen LogP contribution >= 0.6 is 11.3 Å². The normalized spacial score (nSPS) is 11.5. The van der Waals surface area contributed by atoms with Gasteiger partial charge in [0.25, 0.3) is 0 Å². The van der Waals surface area contributed by atoms with Crippen molar-refractivity contribution in [2.45, 2.75) is 0 Å². The highest BCUT2D eigenvalue weighted by Crippen LogP contribution is 2.39. The summed E-state index contributed by atoms with van der Waals surface area (Å²) in [6.45, 7) is 0. The lowest BCUT2D eigenvalue weighted by molar-refractivity contribution is 1.19. The average molecular weight is 452 g/mol. The van der Waals surface area contributed by atoms with Gasteiger partial charge in [-0.25, -0.2) is 0 Å². The van der Waals surface area contributed by atoms with Crippen LogP contribution in [0.2, 0.25) is 0 Å². The van der Waals surface area contributed by atoms with Gasteiger partial charge in [-0.15, -0.1) is 11.3 Å². The van der Waals surface area contributed by atoms with Gasteiger partial charge in [-0.1, -0.05) is 84.9 Å². The summed E-state index contributed by atoms with van der Waals surface area (Å²) < 4.78 is 3.74. The van der Waals surface area contributed by atoms with Crippen LogP contribution in [0.3, 0.4) is 0 Å². The Morgan fingerprint density at radius 2 is 1.12 bits per heavy atom. The van der Waals surface area contributed by atoms with Gasteiger partial charge in [-0.05, 0) is 64.0 Å². The van der Waals surface area contributed by atoms with Crippen molar-refractivity contribution >= 4 is 43.2 Å². The Hall–Kier alpha value is -4.14. The first-order chi connectivity index (χ1) is 16.9. The number of nitrogens with zero attached hydrogens (tertiary/aromatic N) is 1. The lowest BCUT2D eigenvalue weighted by atomic mass is 9.99. The van der Waals surface area contributed by atoms with Gasteiger partial charge in [-0.3, -0.25) is 0 Å². The third-order valence-electron chi connectivity index (χ3n) is 6.70. The molecule has 0 amide bonds. The summed E-state index contributed by atoms with van der Waals surface area (Å²) in [7, 11) is 0. The highest BCUT2D eigenvalue weighted by Gasteiger charge is 2.16. The van der Waals surface area contributed by atoms with Gasteiger partial charge >= 0.3 is 0 Å². The van der Waals surface area contributed by atoms with Crippen molar-refractivity contribution in [1.29, 1.82) is 0 Å². The summed E-state index contributed by atoms with van der Waals surface area (Å²) in [5.74, 6) is 0. The minimum atomic E-state index is 1.20. The molecule has 0 saturated heterocycles. The lowest BCUT2D eigenvalue weighted by Gasteiger charge is -2.09. The molecule has 0 atom stereocenters. The van der Waals surface area contributed by atoms with Gasteiger partial charge < -0.3 is 4.57 Å². The van der Waals surface area contributed by atoms with Crippen molar-refractivity contribution in [2.75, 3.05) is 0 Å². The fourth-order valence-corrected chi connectivity index (χ4v) is 5.85. The summed E-state index contributed by atoms with van der Waals surface area (Å²) in [5, 5.41) is 6.09. The van der Waals surface area contributed by atoms with Crippen LogP contribution in [0.4, 0.5) is 0 Å². The maximum absolute atomic E-state index is 2.42. The molecule has 2 heteroatoms. The first-order valence-electron chi connectivity index (χ1n) is 11.5. The molecular weight excluding hydrogens is 430 g/mol. The van der Waals surface area contributed by atoms with Crippen molar-refractivity contribution in [3.8, 4) is 27.9 Å². The smallest absolute Gasteiger partial charge is 0.0627 e. The zero-order valence-corrected chi connectivity index (χ0v) is 19.3. The standard InChI is InChI=1S/C32H21NS/c1-3-7-22(8-4-1)23-11-13-24(14-12-23)25-15-17-30-29(21-25)27-16-18-31-28(19-20-34-31)32(27)33(30)26-9-5-2-6-10-26/h1-21H. The number of fused-ring (bicyclic) bond motifs is 5. The Bertz CT molecular complexity index is 1770. The molecule has 0 bridgehead atoms. The minimum Gasteiger partial charge on any atom is -0.309 e. The van der Waals surface area contributed by atoms with Gasteiger partial charge in [-0.2, -0.15) is 0 Å². The largest absolute Gasteiger partial charge is 0.309 e. The number of aromatic nitrogens is 1. The molecule has 7 aromatic rings. The Balaban J connectivity index is 1.45. The predicted octanol–water partition coefficient (Wildman–Crippen LogP) is 9.33. The zero-order valence-electron chi connectivity index (χ0n) is 18.5. The van der Waals surface area contributed by atoms with Crippen LogP contribution in [0.1, 0.15) is 0 Å². The fraction of sp³-hybridized carbons (Fsp3) is 0. The molecule has 34 heavy (non-hydrogen) atoms. The Labute approximate surface area is 202 Å². The summed E-state index contributed by atoms with van der Waals surface area (Å²) in [6, 6.07) is 43.8. The topological polar surface area (TPSA) is 4.93 Å². The van der Waals surface area contributed by atoms with Crippen molar-refractivity contribution in [3.05, 3.63) is 127 Å². The summed E-state index contributed by atoms with van der Waals surface area (Å²) in [4.78, 5) is 0. The SMILES string of the molecule is c1ccc(-c2ccc(-c3ccc4c(c3)c3ccc5sccc5c3n4-c3ccccc3)cc2)cc1. The molecule has 0 spiro atoms. The van der Waals surface area contributed by atoms with Crippen LogP contribution in [-0.2, 0) is 0 Å². The van der Waals surface area contributed by atoms with E-state index in [1.165, 1.54) is 59.8 Å². The van der Waals surface area contributed by atoms with Gasteiger partial charge in [0.2, 0.25) is 0 Å². The number of thiophene rings is 1. The Kier molecular flexibility index (Phi) is 4.39. The first-order valence-corrected chi connectivity index (χ1v) is 12.4. The van der Waals surface area contributed by atoms with E-state index in [0.717, 1.165) is 0 Å². The Morgan fingerprint density at radius 3 is 1.88 bits per heavy atom. The number of para-hydroxylation sites is 1. The average Bonchev–Trinajstić information content (AvgIpc) is 3.52. The van der Waals surface area contributed by atoms with E-state index in [-0.39, 0.29) is 0 Å². The molecule has 2 aromatic heterocycles. The molecule has 1 nitrogen and oxygen atoms in total. The van der Waals surface area contributed by atoms with Gasteiger partial charge in [0.05, 0.1) is 11.0 Å². The second-order valence-electron chi connectivity index (χ2n) is 8.64. The van der Waals surface area contributed by atoms with Crippen LogP contribution in [-0.4, -0.2) is 4.57 Å². The minimum absolute atomic E-state index is 1.20. The highest BCUT2D eigenvalue weighted by molar-refractivity contribution is 7.17. The maximum atomic E-state index is 2.42. The lowest BCUT2D eigenvalue weighted by Crippen LogP contribution is -1.93. The number of hydrogen-bond acceptors (Lipinski definition) is 1. The quantitative estimate of drug-likeness (QED) is 0.252. The zero-order chi connectivity index (χ0) is 22.5. The number of rotatable bonds is 3. The van der Waals surface area contributed by atoms with Crippen LogP contribution in [0.5, 0.6) is 0 Å². The first kappa shape index (κ1) is 19.3. The molecule has 5 aromatic carbocycles. The molecule has 0 unspecified atom stereocenters. The summed E-state index contributed by atoms with van der Waals surface area (Å²) in [5.41, 5.74) is 8.69. The van der Waals surface area contributed by atoms with E-state index in [4.69, 9.17) is 0 Å². The maximum Gasteiger partial charge on any atom is 0.0627 e. The van der Waals surface area contributed by atoms with Crippen LogP contribution in [0.15, 0.2) is 127 Å². The van der Waals surface area contributed by atoms with Crippen molar-refractivity contribution in [1.82, 2.24) is 4.57 Å². The number of hydrogen-bond donors (Lipinski definition) is 0. The molecule has 0 aliphatic carbocycles. The van der Waals surface area contributed by atoms with E-state index in [0.29, 0.717) is 0 Å². The van der Waals surface area contributed by atoms with Crippen LogP contribution < -0.4 is 0 Å². The second-order valence-corrected chi connectivity index (χ2v) is 9.59. The van der Waals surface area contributed by atoms with E-state index in [2.05, 4.69) is 131 Å². The molecule has 0 saturated carbocycles. The molecule has 0 radical (unpaired) electrons. The molecule has 0 aliphatic rings. The molecular formula is C32H21NS. The van der Waals surface area contributed by atoms with Crippen molar-refractivity contribution in [2.24, 2.45) is 0 Å². The van der Waals surface area contributed by atoms with Crippen LogP contribution in [0.25, 0.3) is 59.8 Å². The van der Waals surface area contributed by atoms with E-state index >= 15 is 0 Å². The van der Waals surface area contributed by atoms with E-state index in [1.807, 2.05) is 0 Å². The third kappa shape index (κ3) is 3.00. The molecule has 0 N–H and O–H groups in total. The van der Waals surface area contributed by atoms with Gasteiger partial charge in [0, 0.05) is 26.5 Å². The highest BCUT2D eigenvalue weighted by atomic mass is 32.1. The van der Waals surface area contributed by atoms with E-state index in [1.54, 1.807) is 11.3 Å². The Morgan fingerprint density at radius 1 is 0.471 bits per heavy atom. The van der Waals surface area contributed by atoms with Crippen molar-refractivity contribution in [3.63, 3.8) is 0 Å². The predicted molar refractivity (Wildman–Crippen MR) is 147 cm³/mol. The van der Waals surface area contributed by atoms with E-state index in [9.17, 15) is 0 Å². The van der Waals surface area contributed by atoms with Crippen LogP contribution in [0, 0.1) is 0 Å². The fourth-order valence-electron chi connectivity index (χ4n) is 5.06. The van der Waals surface area contributed by atoms with Gasteiger partial charge in [0.15, 0.2) is 0 Å². The second kappa shape index (κ2) is 7.72. The summed E-state index contributed by atoms with van der Waals surface area (Å²) >= 11 is 1.80. The monoisotopic (exact) mass is 451 g/mol. The van der Waals surface area contributed by atoms with Crippen molar-refractivity contribution < 1.29 is 0 Å². The molecule has 0 fully saturated rings. The third-order valence-corrected chi connectivity index (χ3v) is 7.58. The van der Waals surface area contributed by atoms with E-state index < -0.39 is 0 Å². The number of benzene rings is 5. The summed E-state index contributed by atoms with van der Waals surface area (Å²) in [6.07, 6.45) is 0. The molecule has 2 heterocycles.